The quantitative estimate of drug-likeness (QED) is 0.787. The molecule has 0 bridgehead atoms. The van der Waals surface area contributed by atoms with Gasteiger partial charge in [-0.25, -0.2) is 0 Å². The summed E-state index contributed by atoms with van der Waals surface area (Å²) in [4.78, 5) is 0. The number of benzene rings is 1. The molecule has 1 aromatic rings. The lowest BCUT2D eigenvalue weighted by atomic mass is 10.3. The molecule has 0 radical (unpaired) electrons. The minimum Gasteiger partial charge on any atom is -0.493 e. The van der Waals surface area contributed by atoms with Crippen LogP contribution >= 0.6 is 34.8 Å². The lowest BCUT2D eigenvalue weighted by molar-refractivity contribution is 0.395. The molecule has 1 rings (SSSR count). The monoisotopic (exact) mass is 240 g/mol. The highest BCUT2D eigenvalue weighted by molar-refractivity contribution is 6.42. The van der Waals surface area contributed by atoms with Crippen molar-refractivity contribution in [1.29, 1.82) is 0 Å². The van der Waals surface area contributed by atoms with Gasteiger partial charge in [0.05, 0.1) is 24.3 Å². The molecule has 0 aliphatic carbocycles. The van der Waals surface area contributed by atoms with E-state index in [0.717, 1.165) is 0 Å². The number of ether oxygens (including phenoxy) is 2. The first-order valence-electron chi connectivity index (χ1n) is 3.37. The molecule has 2 nitrogen and oxygen atoms in total. The van der Waals surface area contributed by atoms with E-state index >= 15 is 0 Å². The molecule has 0 fully saturated rings. The molecule has 0 unspecified atom stereocenters. The van der Waals surface area contributed by atoms with E-state index in [9.17, 15) is 0 Å². The Labute approximate surface area is 91.3 Å². The minimum absolute atomic E-state index is 0.280. The number of rotatable bonds is 2. The van der Waals surface area contributed by atoms with E-state index < -0.39 is 0 Å². The molecule has 0 heterocycles. The zero-order valence-electron chi connectivity index (χ0n) is 7.03. The zero-order chi connectivity index (χ0) is 10.0. The molecular weight excluding hydrogens is 234 g/mol. The van der Waals surface area contributed by atoms with Gasteiger partial charge in [0.15, 0.2) is 11.5 Å². The fourth-order valence-electron chi connectivity index (χ4n) is 0.929. The average Bonchev–Trinajstić information content (AvgIpc) is 2.04. The Morgan fingerprint density at radius 1 is 0.923 bits per heavy atom. The van der Waals surface area contributed by atoms with Crippen LogP contribution in [0.3, 0.4) is 0 Å². The largest absolute Gasteiger partial charge is 0.493 e. The first-order chi connectivity index (χ1) is 6.11. The second kappa shape index (κ2) is 4.27. The van der Waals surface area contributed by atoms with Gasteiger partial charge in [0.25, 0.3) is 0 Å². The van der Waals surface area contributed by atoms with E-state index in [2.05, 4.69) is 0 Å². The number of hydrogen-bond donors (Lipinski definition) is 0. The summed E-state index contributed by atoms with van der Waals surface area (Å²) < 4.78 is 9.94. The zero-order valence-corrected chi connectivity index (χ0v) is 9.30. The fourth-order valence-corrected chi connectivity index (χ4v) is 2.00. The predicted octanol–water partition coefficient (Wildman–Crippen LogP) is 3.66. The second-order valence-electron chi connectivity index (χ2n) is 2.22. The highest BCUT2D eigenvalue weighted by Gasteiger charge is 2.15. The standard InChI is InChI=1S/C8H7Cl3O2/c1-12-7-4(9)3-5(10)8(13-2)6(7)11/h3H,1-2H3. The van der Waals surface area contributed by atoms with Crippen LogP contribution in [0.25, 0.3) is 0 Å². The lowest BCUT2D eigenvalue weighted by Crippen LogP contribution is -1.91. The van der Waals surface area contributed by atoms with Gasteiger partial charge in [-0.2, -0.15) is 0 Å². The molecule has 0 saturated heterocycles. The maximum Gasteiger partial charge on any atom is 0.159 e. The molecule has 0 saturated carbocycles. The molecule has 1 aromatic carbocycles. The van der Waals surface area contributed by atoms with Gasteiger partial charge >= 0.3 is 0 Å². The minimum atomic E-state index is 0.280. The molecule has 72 valence electrons. The Kier molecular flexibility index (Phi) is 3.54. The van der Waals surface area contributed by atoms with E-state index in [0.29, 0.717) is 21.5 Å². The maximum absolute atomic E-state index is 5.90. The summed E-state index contributed by atoms with van der Waals surface area (Å²) in [6, 6.07) is 1.52. The van der Waals surface area contributed by atoms with Gasteiger partial charge in [0, 0.05) is 0 Å². The van der Waals surface area contributed by atoms with Crippen LogP contribution in [0, 0.1) is 0 Å². The normalized spacial score (nSPS) is 9.92. The summed E-state index contributed by atoms with van der Waals surface area (Å²) >= 11 is 17.5. The first kappa shape index (κ1) is 10.8. The van der Waals surface area contributed by atoms with Crippen molar-refractivity contribution in [3.05, 3.63) is 21.1 Å². The summed E-state index contributed by atoms with van der Waals surface area (Å²) in [5.41, 5.74) is 0. The van der Waals surface area contributed by atoms with Crippen LogP contribution in [0.2, 0.25) is 15.1 Å². The van der Waals surface area contributed by atoms with Gasteiger partial charge in [-0.1, -0.05) is 34.8 Å². The van der Waals surface area contributed by atoms with E-state index in [4.69, 9.17) is 44.3 Å². The van der Waals surface area contributed by atoms with Crippen molar-refractivity contribution in [2.75, 3.05) is 14.2 Å². The average molecular weight is 242 g/mol. The highest BCUT2D eigenvalue weighted by atomic mass is 35.5. The van der Waals surface area contributed by atoms with E-state index in [1.807, 2.05) is 0 Å². The third-order valence-electron chi connectivity index (χ3n) is 1.49. The van der Waals surface area contributed by atoms with Crippen molar-refractivity contribution in [3.8, 4) is 11.5 Å². The van der Waals surface area contributed by atoms with Crippen molar-refractivity contribution in [3.63, 3.8) is 0 Å². The van der Waals surface area contributed by atoms with E-state index in [1.54, 1.807) is 0 Å². The fraction of sp³-hybridized carbons (Fsp3) is 0.250. The van der Waals surface area contributed by atoms with Crippen molar-refractivity contribution in [2.24, 2.45) is 0 Å². The maximum atomic E-state index is 5.90. The van der Waals surface area contributed by atoms with E-state index in [-0.39, 0.29) is 5.02 Å². The molecule has 0 aromatic heterocycles. The van der Waals surface area contributed by atoms with Crippen LogP contribution in [0.5, 0.6) is 11.5 Å². The summed E-state index contributed by atoms with van der Waals surface area (Å²) in [7, 11) is 2.95. The van der Waals surface area contributed by atoms with Crippen LogP contribution in [-0.4, -0.2) is 14.2 Å². The van der Waals surface area contributed by atoms with Crippen LogP contribution in [0.15, 0.2) is 6.07 Å². The van der Waals surface area contributed by atoms with Crippen molar-refractivity contribution in [2.45, 2.75) is 0 Å². The number of hydrogen-bond acceptors (Lipinski definition) is 2. The summed E-state index contributed by atoms with van der Waals surface area (Å²) in [6.45, 7) is 0. The topological polar surface area (TPSA) is 18.5 Å². The van der Waals surface area contributed by atoms with Gasteiger partial charge in [0.1, 0.15) is 5.02 Å². The number of halogens is 3. The van der Waals surface area contributed by atoms with Crippen LogP contribution in [0.4, 0.5) is 0 Å². The summed E-state index contributed by atoms with van der Waals surface area (Å²) in [5.74, 6) is 0.731. The highest BCUT2D eigenvalue weighted by Crippen LogP contribution is 2.44. The van der Waals surface area contributed by atoms with Crippen molar-refractivity contribution >= 4 is 34.8 Å². The molecule has 0 amide bonds. The molecule has 5 heteroatoms. The SMILES string of the molecule is COc1c(Cl)cc(Cl)c(OC)c1Cl. The molecule has 0 atom stereocenters. The smallest absolute Gasteiger partial charge is 0.159 e. The molecule has 13 heavy (non-hydrogen) atoms. The van der Waals surface area contributed by atoms with Crippen LogP contribution in [-0.2, 0) is 0 Å². The predicted molar refractivity (Wildman–Crippen MR) is 54.6 cm³/mol. The van der Waals surface area contributed by atoms with Gasteiger partial charge in [-0.15, -0.1) is 0 Å². The lowest BCUT2D eigenvalue weighted by Gasteiger charge is -2.10. The second-order valence-corrected chi connectivity index (χ2v) is 3.41. The van der Waals surface area contributed by atoms with Crippen LogP contribution < -0.4 is 9.47 Å². The molecule has 0 aliphatic heterocycles. The van der Waals surface area contributed by atoms with Gasteiger partial charge in [-0.05, 0) is 6.07 Å². The first-order valence-corrected chi connectivity index (χ1v) is 4.50. The molecule has 0 N–H and O–H groups in total. The summed E-state index contributed by atoms with van der Waals surface area (Å²) in [6.07, 6.45) is 0. The third kappa shape index (κ3) is 1.96. The Bertz CT molecular complexity index is 297. The third-order valence-corrected chi connectivity index (χ3v) is 2.40. The molecular formula is C8H7Cl3O2. The van der Waals surface area contributed by atoms with Crippen molar-refractivity contribution < 1.29 is 9.47 Å². The van der Waals surface area contributed by atoms with Gasteiger partial charge in [-0.3, -0.25) is 0 Å². The number of methoxy groups -OCH3 is 2. The van der Waals surface area contributed by atoms with Gasteiger partial charge < -0.3 is 9.47 Å². The van der Waals surface area contributed by atoms with Crippen LogP contribution in [0.1, 0.15) is 0 Å². The molecule has 0 aliphatic rings. The van der Waals surface area contributed by atoms with E-state index in [1.165, 1.54) is 20.3 Å². The Hall–Kier alpha value is -0.310. The Morgan fingerprint density at radius 3 is 1.62 bits per heavy atom. The Morgan fingerprint density at radius 2 is 1.31 bits per heavy atom. The van der Waals surface area contributed by atoms with Crippen molar-refractivity contribution in [1.82, 2.24) is 0 Å². The van der Waals surface area contributed by atoms with Gasteiger partial charge in [0.2, 0.25) is 0 Å². The molecule has 0 spiro atoms. The Balaban J connectivity index is 3.39. The summed E-state index contributed by atoms with van der Waals surface area (Å²) in [5, 5.41) is 0.999.